The molecule has 1 unspecified atom stereocenters. The van der Waals surface area contributed by atoms with Gasteiger partial charge in [-0.05, 0) is 24.1 Å². The van der Waals surface area contributed by atoms with Crippen molar-refractivity contribution in [2.75, 3.05) is 13.7 Å². The van der Waals surface area contributed by atoms with E-state index in [0.29, 0.717) is 6.42 Å². The number of ether oxygens (including phenoxy) is 2. The number of alkyl halides is 2. The molecular weight excluding hydrogens is 300 g/mol. The second-order valence-corrected chi connectivity index (χ2v) is 4.44. The highest BCUT2D eigenvalue weighted by molar-refractivity contribution is 5.83. The van der Waals surface area contributed by atoms with Gasteiger partial charge in [-0.15, -0.1) is 0 Å². The molecule has 1 aromatic rings. The molecule has 6 nitrogen and oxygen atoms in total. The Balaban J connectivity index is 2.44. The van der Waals surface area contributed by atoms with Gasteiger partial charge in [-0.3, -0.25) is 4.79 Å². The highest BCUT2D eigenvalue weighted by Gasteiger charge is 2.19. The van der Waals surface area contributed by atoms with Gasteiger partial charge in [-0.25, -0.2) is 4.79 Å². The number of carbonyl (C=O) groups excluding carboxylic acids is 1. The molecule has 2 N–H and O–H groups in total. The first kappa shape index (κ1) is 17.8. The first-order valence-electron chi connectivity index (χ1n) is 6.47. The third-order valence-electron chi connectivity index (χ3n) is 2.76. The molecule has 1 amide bonds. The highest BCUT2D eigenvalue weighted by atomic mass is 19.3. The number of amides is 1. The molecular formula is C14H17F2NO5. The number of carbonyl (C=O) groups is 2. The molecule has 122 valence electrons. The lowest BCUT2D eigenvalue weighted by Crippen LogP contribution is -2.43. The summed E-state index contributed by atoms with van der Waals surface area (Å²) < 4.78 is 32.9. The molecule has 0 saturated carbocycles. The Morgan fingerprint density at radius 3 is 2.41 bits per heavy atom. The summed E-state index contributed by atoms with van der Waals surface area (Å²) in [7, 11) is 1.34. The molecule has 0 heterocycles. The zero-order valence-electron chi connectivity index (χ0n) is 11.9. The molecule has 8 heteroatoms. The van der Waals surface area contributed by atoms with Crippen molar-refractivity contribution in [3.8, 4) is 5.75 Å². The van der Waals surface area contributed by atoms with Gasteiger partial charge in [0.2, 0.25) is 5.91 Å². The second kappa shape index (κ2) is 8.93. The van der Waals surface area contributed by atoms with Crippen LogP contribution in [-0.4, -0.2) is 43.4 Å². The lowest BCUT2D eigenvalue weighted by molar-refractivity contribution is -0.143. The number of benzene rings is 1. The number of halogens is 2. The number of hydrogen-bond acceptors (Lipinski definition) is 4. The molecule has 0 saturated heterocycles. The fourth-order valence-corrected chi connectivity index (χ4v) is 1.70. The number of rotatable bonds is 9. The van der Waals surface area contributed by atoms with Gasteiger partial charge in [0.05, 0.1) is 6.61 Å². The van der Waals surface area contributed by atoms with Crippen LogP contribution in [0.25, 0.3) is 0 Å². The van der Waals surface area contributed by atoms with Gasteiger partial charge in [0.25, 0.3) is 0 Å². The maximum Gasteiger partial charge on any atom is 0.387 e. The van der Waals surface area contributed by atoms with Gasteiger partial charge < -0.3 is 19.9 Å². The molecule has 1 aromatic carbocycles. The molecule has 0 bridgehead atoms. The summed E-state index contributed by atoms with van der Waals surface area (Å²) in [5.41, 5.74) is 0.746. The zero-order chi connectivity index (χ0) is 16.5. The molecule has 0 aliphatic carbocycles. The number of aliphatic carboxylic acids is 1. The maximum absolute atomic E-state index is 12.0. The molecule has 0 aliphatic rings. The number of methoxy groups -OCH3 is 1. The van der Waals surface area contributed by atoms with E-state index in [1.165, 1.54) is 19.2 Å². The zero-order valence-corrected chi connectivity index (χ0v) is 11.9. The van der Waals surface area contributed by atoms with E-state index in [1.807, 2.05) is 0 Å². The molecule has 0 aromatic heterocycles. The van der Waals surface area contributed by atoms with Crippen LogP contribution in [0.3, 0.4) is 0 Å². The normalized spacial score (nSPS) is 12.0. The van der Waals surface area contributed by atoms with Crippen LogP contribution in [0, 0.1) is 0 Å². The van der Waals surface area contributed by atoms with Gasteiger partial charge >= 0.3 is 12.6 Å². The number of carboxylic acid groups (broad SMARTS) is 1. The van der Waals surface area contributed by atoms with Crippen LogP contribution >= 0.6 is 0 Å². The fourth-order valence-electron chi connectivity index (χ4n) is 1.70. The van der Waals surface area contributed by atoms with Gasteiger partial charge in [0, 0.05) is 13.5 Å². The van der Waals surface area contributed by atoms with Crippen LogP contribution in [0.1, 0.15) is 12.0 Å². The first-order valence-corrected chi connectivity index (χ1v) is 6.47. The van der Waals surface area contributed by atoms with Crippen molar-refractivity contribution in [2.24, 2.45) is 0 Å². The van der Waals surface area contributed by atoms with Crippen molar-refractivity contribution in [1.29, 1.82) is 0 Å². The third kappa shape index (κ3) is 6.49. The lowest BCUT2D eigenvalue weighted by Gasteiger charge is -2.13. The third-order valence-corrected chi connectivity index (χ3v) is 2.76. The SMILES string of the molecule is COCC(NC(=O)CCc1ccc(OC(F)F)cc1)C(=O)O. The predicted molar refractivity (Wildman–Crippen MR) is 72.8 cm³/mol. The van der Waals surface area contributed by atoms with E-state index < -0.39 is 24.5 Å². The van der Waals surface area contributed by atoms with E-state index in [9.17, 15) is 18.4 Å². The summed E-state index contributed by atoms with van der Waals surface area (Å²) in [6, 6.07) is 4.79. The quantitative estimate of drug-likeness (QED) is 0.720. The summed E-state index contributed by atoms with van der Waals surface area (Å²) in [4.78, 5) is 22.5. The average Bonchev–Trinajstić information content (AvgIpc) is 2.45. The van der Waals surface area contributed by atoms with Crippen molar-refractivity contribution in [1.82, 2.24) is 5.32 Å². The Hall–Kier alpha value is -2.22. The molecule has 1 atom stereocenters. The summed E-state index contributed by atoms with van der Waals surface area (Å²) >= 11 is 0. The molecule has 0 radical (unpaired) electrons. The molecule has 1 rings (SSSR count). The van der Waals surface area contributed by atoms with Crippen molar-refractivity contribution >= 4 is 11.9 Å². The van der Waals surface area contributed by atoms with Crippen molar-refractivity contribution in [3.05, 3.63) is 29.8 Å². The molecule has 0 spiro atoms. The van der Waals surface area contributed by atoms with Crippen LogP contribution in [0.5, 0.6) is 5.75 Å². The number of aryl methyl sites for hydroxylation is 1. The minimum absolute atomic E-state index is 0.0363. The van der Waals surface area contributed by atoms with Crippen LogP contribution < -0.4 is 10.1 Å². The van der Waals surface area contributed by atoms with Gasteiger partial charge in [0.15, 0.2) is 6.04 Å². The Kier molecular flexibility index (Phi) is 7.24. The van der Waals surface area contributed by atoms with E-state index >= 15 is 0 Å². The van der Waals surface area contributed by atoms with Crippen molar-refractivity contribution in [2.45, 2.75) is 25.5 Å². The summed E-state index contributed by atoms with van der Waals surface area (Å²) in [6.07, 6.45) is 0.419. The smallest absolute Gasteiger partial charge is 0.387 e. The van der Waals surface area contributed by atoms with Crippen molar-refractivity contribution < 1.29 is 33.0 Å². The average molecular weight is 317 g/mol. The van der Waals surface area contributed by atoms with Crippen LogP contribution in [0.15, 0.2) is 24.3 Å². The van der Waals surface area contributed by atoms with Crippen LogP contribution in [0.2, 0.25) is 0 Å². The fraction of sp³-hybridized carbons (Fsp3) is 0.429. The molecule has 22 heavy (non-hydrogen) atoms. The monoisotopic (exact) mass is 317 g/mol. The number of hydrogen-bond donors (Lipinski definition) is 2. The minimum atomic E-state index is -2.88. The maximum atomic E-state index is 12.0. The van der Waals surface area contributed by atoms with Crippen molar-refractivity contribution in [3.63, 3.8) is 0 Å². The predicted octanol–water partition coefficient (Wildman–Crippen LogP) is 1.44. The van der Waals surface area contributed by atoms with Crippen LogP contribution in [0.4, 0.5) is 8.78 Å². The van der Waals surface area contributed by atoms with Crippen LogP contribution in [-0.2, 0) is 20.7 Å². The van der Waals surface area contributed by atoms with E-state index in [4.69, 9.17) is 9.84 Å². The van der Waals surface area contributed by atoms with E-state index in [1.54, 1.807) is 12.1 Å². The Bertz CT molecular complexity index is 493. The standard InChI is InChI=1S/C14H17F2NO5/c1-21-8-11(13(19)20)17-12(18)7-4-9-2-5-10(6-3-9)22-14(15)16/h2-3,5-6,11,14H,4,7-8H2,1H3,(H,17,18)(H,19,20). The summed E-state index contributed by atoms with van der Waals surface area (Å²) in [5, 5.41) is 11.2. The second-order valence-electron chi connectivity index (χ2n) is 4.44. The number of nitrogens with one attached hydrogen (secondary N) is 1. The van der Waals surface area contributed by atoms with Gasteiger partial charge in [-0.2, -0.15) is 8.78 Å². The Morgan fingerprint density at radius 2 is 1.91 bits per heavy atom. The van der Waals surface area contributed by atoms with E-state index in [-0.39, 0.29) is 18.8 Å². The van der Waals surface area contributed by atoms with E-state index in [0.717, 1.165) is 5.56 Å². The first-order chi connectivity index (χ1) is 10.4. The van der Waals surface area contributed by atoms with Gasteiger partial charge in [0.1, 0.15) is 5.75 Å². The Labute approximate surface area is 126 Å². The highest BCUT2D eigenvalue weighted by Crippen LogP contribution is 2.15. The van der Waals surface area contributed by atoms with E-state index in [2.05, 4.69) is 10.1 Å². The van der Waals surface area contributed by atoms with Gasteiger partial charge in [-0.1, -0.05) is 12.1 Å². The summed E-state index contributed by atoms with van der Waals surface area (Å²) in [5.74, 6) is -1.57. The minimum Gasteiger partial charge on any atom is -0.480 e. The Morgan fingerprint density at radius 1 is 1.27 bits per heavy atom. The number of carboxylic acids is 1. The molecule has 0 aliphatic heterocycles. The molecule has 0 fully saturated rings. The summed E-state index contributed by atoms with van der Waals surface area (Å²) in [6.45, 7) is -3.01. The topological polar surface area (TPSA) is 84.9 Å². The largest absolute Gasteiger partial charge is 0.480 e. The lowest BCUT2D eigenvalue weighted by atomic mass is 10.1.